The number of hydrogen-bond donors (Lipinski definition) is 1. The van der Waals surface area contributed by atoms with Crippen LogP contribution < -0.4 is 0 Å². The van der Waals surface area contributed by atoms with Gasteiger partial charge in [-0.25, -0.2) is 0 Å². The van der Waals surface area contributed by atoms with Crippen LogP contribution in [0.3, 0.4) is 0 Å². The van der Waals surface area contributed by atoms with Crippen LogP contribution >= 0.6 is 0 Å². The first-order valence-corrected chi connectivity index (χ1v) is 10.4. The molecular weight excluding hydrogens is 378 g/mol. The fraction of sp³-hybridized carbons (Fsp3) is 0.280. The molecule has 5 nitrogen and oxygen atoms in total. The van der Waals surface area contributed by atoms with Crippen molar-refractivity contribution in [2.75, 3.05) is 0 Å². The monoisotopic (exact) mass is 401 g/mol. The normalized spacial score (nSPS) is 20.0. The highest BCUT2D eigenvalue weighted by Crippen LogP contribution is 2.43. The number of carbonyl (C=O) groups excluding carboxylic acids is 2. The number of carbonyl (C=O) groups is 2. The molecule has 0 bridgehead atoms. The van der Waals surface area contributed by atoms with Crippen LogP contribution in [0.4, 0.5) is 0 Å². The molecule has 2 aromatic carbocycles. The number of fused-ring (bicyclic) bond motifs is 1. The molecule has 1 unspecified atom stereocenters. The van der Waals surface area contributed by atoms with Gasteiger partial charge in [0.15, 0.2) is 11.5 Å². The minimum absolute atomic E-state index is 0.0196. The molecule has 3 aromatic rings. The van der Waals surface area contributed by atoms with Crippen molar-refractivity contribution in [3.8, 4) is 0 Å². The number of aliphatic hydroxyl groups is 1. The van der Waals surface area contributed by atoms with E-state index in [1.807, 2.05) is 49.4 Å². The van der Waals surface area contributed by atoms with Crippen molar-refractivity contribution in [1.82, 2.24) is 4.90 Å². The number of Topliss-reactive ketones (excluding diaryl/α,β-unsaturated/α-hetero) is 1. The van der Waals surface area contributed by atoms with Crippen LogP contribution in [0.5, 0.6) is 0 Å². The predicted molar refractivity (Wildman–Crippen MR) is 113 cm³/mol. The molecule has 1 aliphatic carbocycles. The second-order valence-corrected chi connectivity index (χ2v) is 8.21. The average Bonchev–Trinajstić information content (AvgIpc) is 3.46. The summed E-state index contributed by atoms with van der Waals surface area (Å²) in [5, 5.41) is 11.6. The van der Waals surface area contributed by atoms with Gasteiger partial charge in [0, 0.05) is 11.4 Å². The van der Waals surface area contributed by atoms with Gasteiger partial charge in [-0.1, -0.05) is 60.9 Å². The molecule has 1 N–H and O–H groups in total. The highest BCUT2D eigenvalue weighted by atomic mass is 16.3. The molecule has 1 aromatic heterocycles. The van der Waals surface area contributed by atoms with E-state index in [-0.39, 0.29) is 17.4 Å². The average molecular weight is 401 g/mol. The van der Waals surface area contributed by atoms with Gasteiger partial charge >= 0.3 is 0 Å². The molecule has 0 radical (unpaired) electrons. The predicted octanol–water partition coefficient (Wildman–Crippen LogP) is 5.26. The number of rotatable bonds is 4. The number of para-hydroxylation sites is 1. The van der Waals surface area contributed by atoms with Crippen LogP contribution in [-0.2, 0) is 4.79 Å². The summed E-state index contributed by atoms with van der Waals surface area (Å²) in [5.74, 6) is -1.23. The summed E-state index contributed by atoms with van der Waals surface area (Å²) in [4.78, 5) is 28.3. The van der Waals surface area contributed by atoms with E-state index >= 15 is 0 Å². The van der Waals surface area contributed by atoms with E-state index < -0.39 is 23.5 Å². The molecule has 2 heterocycles. The van der Waals surface area contributed by atoms with Gasteiger partial charge in [-0.2, -0.15) is 0 Å². The maximum atomic E-state index is 13.5. The van der Waals surface area contributed by atoms with Gasteiger partial charge < -0.3 is 14.4 Å². The van der Waals surface area contributed by atoms with Crippen LogP contribution in [0.15, 0.2) is 70.3 Å². The van der Waals surface area contributed by atoms with Crippen molar-refractivity contribution in [3.05, 3.63) is 82.8 Å². The Balaban J connectivity index is 1.63. The summed E-state index contributed by atoms with van der Waals surface area (Å²) in [6.07, 6.45) is 3.85. The standard InChI is InChI=1S/C25H23NO4/c1-15-7-6-9-17(13-15)22-21(24(28)25(29)26(22)18-10-3-4-11-18)23(27)20-14-16-8-2-5-12-19(16)30-20/h2,5-9,12-14,18,22,28H,3-4,10-11H2,1H3. The van der Waals surface area contributed by atoms with Crippen LogP contribution in [0.2, 0.25) is 0 Å². The Morgan fingerprint density at radius 1 is 1.07 bits per heavy atom. The third-order valence-corrected chi connectivity index (χ3v) is 6.21. The Labute approximate surface area is 174 Å². The quantitative estimate of drug-likeness (QED) is 0.605. The number of nitrogens with zero attached hydrogens (tertiary/aromatic N) is 1. The molecule has 1 fully saturated rings. The van der Waals surface area contributed by atoms with Crippen molar-refractivity contribution in [3.63, 3.8) is 0 Å². The minimum Gasteiger partial charge on any atom is -0.503 e. The lowest BCUT2D eigenvalue weighted by molar-refractivity contribution is -0.131. The molecule has 1 atom stereocenters. The van der Waals surface area contributed by atoms with Crippen molar-refractivity contribution in [1.29, 1.82) is 0 Å². The lowest BCUT2D eigenvalue weighted by Gasteiger charge is -2.32. The number of furan rings is 1. The Bertz CT molecular complexity index is 1150. The first-order chi connectivity index (χ1) is 14.5. The summed E-state index contributed by atoms with van der Waals surface area (Å²) in [7, 11) is 0. The van der Waals surface area contributed by atoms with E-state index in [9.17, 15) is 14.7 Å². The summed E-state index contributed by atoms with van der Waals surface area (Å²) < 4.78 is 5.77. The van der Waals surface area contributed by atoms with Crippen molar-refractivity contribution in [2.45, 2.75) is 44.7 Å². The van der Waals surface area contributed by atoms with Crippen LogP contribution in [0, 0.1) is 6.92 Å². The third-order valence-electron chi connectivity index (χ3n) is 6.21. The first kappa shape index (κ1) is 18.7. The molecule has 1 amide bonds. The van der Waals surface area contributed by atoms with Gasteiger partial charge in [0.2, 0.25) is 5.78 Å². The maximum absolute atomic E-state index is 13.5. The van der Waals surface area contributed by atoms with Gasteiger partial charge in [-0.15, -0.1) is 0 Å². The van der Waals surface area contributed by atoms with E-state index in [1.165, 1.54) is 0 Å². The van der Waals surface area contributed by atoms with E-state index in [2.05, 4.69) is 0 Å². The van der Waals surface area contributed by atoms with E-state index in [0.717, 1.165) is 42.2 Å². The summed E-state index contributed by atoms with van der Waals surface area (Å²) in [6, 6.07) is 16.2. The van der Waals surface area contributed by atoms with Crippen LogP contribution in [0.1, 0.15) is 53.4 Å². The van der Waals surface area contributed by atoms with Gasteiger partial charge in [0.1, 0.15) is 5.58 Å². The summed E-state index contributed by atoms with van der Waals surface area (Å²) >= 11 is 0. The minimum atomic E-state index is -0.610. The second-order valence-electron chi connectivity index (χ2n) is 8.21. The molecular formula is C25H23NO4. The number of aryl methyl sites for hydroxylation is 1. The molecule has 30 heavy (non-hydrogen) atoms. The molecule has 1 saturated carbocycles. The molecule has 1 aliphatic heterocycles. The Morgan fingerprint density at radius 2 is 1.83 bits per heavy atom. The number of amides is 1. The SMILES string of the molecule is Cc1cccc(C2C(C(=O)c3cc4ccccc4o3)=C(O)C(=O)N2C2CCCC2)c1. The van der Waals surface area contributed by atoms with Crippen molar-refractivity contribution < 1.29 is 19.1 Å². The van der Waals surface area contributed by atoms with Gasteiger partial charge in [0.25, 0.3) is 5.91 Å². The number of hydrogen-bond acceptors (Lipinski definition) is 4. The smallest absolute Gasteiger partial charge is 0.290 e. The second kappa shape index (κ2) is 7.17. The Hall–Kier alpha value is -3.34. The first-order valence-electron chi connectivity index (χ1n) is 10.4. The van der Waals surface area contributed by atoms with Crippen LogP contribution in [-0.4, -0.2) is 27.7 Å². The number of aliphatic hydroxyl groups excluding tert-OH is 1. The Kier molecular flexibility index (Phi) is 4.46. The number of benzene rings is 2. The number of ketones is 1. The fourth-order valence-corrected chi connectivity index (χ4v) is 4.81. The van der Waals surface area contributed by atoms with Crippen LogP contribution in [0.25, 0.3) is 11.0 Å². The molecule has 5 rings (SSSR count). The van der Waals surface area contributed by atoms with E-state index in [1.54, 1.807) is 17.0 Å². The molecule has 2 aliphatic rings. The topological polar surface area (TPSA) is 70.7 Å². The molecule has 0 spiro atoms. The highest BCUT2D eigenvalue weighted by molar-refractivity contribution is 6.16. The van der Waals surface area contributed by atoms with Gasteiger partial charge in [-0.05, 0) is 37.5 Å². The van der Waals surface area contributed by atoms with E-state index in [0.29, 0.717) is 5.58 Å². The van der Waals surface area contributed by atoms with Gasteiger partial charge in [-0.3, -0.25) is 9.59 Å². The fourth-order valence-electron chi connectivity index (χ4n) is 4.81. The molecule has 152 valence electrons. The third kappa shape index (κ3) is 2.93. The zero-order chi connectivity index (χ0) is 20.8. The van der Waals surface area contributed by atoms with Crippen molar-refractivity contribution in [2.24, 2.45) is 0 Å². The van der Waals surface area contributed by atoms with Gasteiger partial charge in [0.05, 0.1) is 11.6 Å². The lowest BCUT2D eigenvalue weighted by Crippen LogP contribution is -2.38. The zero-order valence-corrected chi connectivity index (χ0v) is 16.8. The lowest BCUT2D eigenvalue weighted by atomic mass is 9.93. The molecule has 0 saturated heterocycles. The highest BCUT2D eigenvalue weighted by Gasteiger charge is 2.47. The molecule has 5 heteroatoms. The van der Waals surface area contributed by atoms with E-state index in [4.69, 9.17) is 4.42 Å². The summed E-state index contributed by atoms with van der Waals surface area (Å²) in [5.41, 5.74) is 2.58. The zero-order valence-electron chi connectivity index (χ0n) is 16.8. The largest absolute Gasteiger partial charge is 0.503 e. The Morgan fingerprint density at radius 3 is 2.57 bits per heavy atom. The summed E-state index contributed by atoms with van der Waals surface area (Å²) in [6.45, 7) is 1.98. The van der Waals surface area contributed by atoms with Crippen molar-refractivity contribution >= 4 is 22.7 Å². The maximum Gasteiger partial charge on any atom is 0.290 e.